The smallest absolute Gasteiger partial charge is 0.326 e. The number of carboxylic acid groups (broad SMARTS) is 2. The molecular formula is C19H26N4O8. The molecule has 0 unspecified atom stereocenters. The SMILES string of the molecule is NC(=O)CC[C@H](NC(=O)[C@@H](N)CCC(=O)O)C(=O)N[C@@H](Cc1ccc(O)cc1)C(=O)O. The van der Waals surface area contributed by atoms with Crippen molar-refractivity contribution in [3.8, 4) is 5.75 Å². The summed E-state index contributed by atoms with van der Waals surface area (Å²) in [6, 6.07) is 1.83. The minimum Gasteiger partial charge on any atom is -0.508 e. The molecule has 1 aromatic rings. The van der Waals surface area contributed by atoms with Gasteiger partial charge in [-0.2, -0.15) is 0 Å². The Hall–Kier alpha value is -3.67. The largest absolute Gasteiger partial charge is 0.508 e. The van der Waals surface area contributed by atoms with Gasteiger partial charge in [-0.05, 0) is 30.5 Å². The van der Waals surface area contributed by atoms with Crippen LogP contribution in [-0.4, -0.2) is 63.1 Å². The monoisotopic (exact) mass is 438 g/mol. The molecule has 0 aliphatic heterocycles. The third kappa shape index (κ3) is 9.58. The molecule has 170 valence electrons. The van der Waals surface area contributed by atoms with Gasteiger partial charge in [-0.15, -0.1) is 0 Å². The molecule has 12 nitrogen and oxygen atoms in total. The highest BCUT2D eigenvalue weighted by atomic mass is 16.4. The maximum atomic E-state index is 12.6. The quantitative estimate of drug-likeness (QED) is 0.189. The average Bonchev–Trinajstić information content (AvgIpc) is 2.69. The molecule has 31 heavy (non-hydrogen) atoms. The van der Waals surface area contributed by atoms with Crippen LogP contribution in [0.5, 0.6) is 5.75 Å². The lowest BCUT2D eigenvalue weighted by molar-refractivity contribution is -0.142. The summed E-state index contributed by atoms with van der Waals surface area (Å²) >= 11 is 0. The van der Waals surface area contributed by atoms with E-state index in [1.54, 1.807) is 0 Å². The van der Waals surface area contributed by atoms with Crippen LogP contribution >= 0.6 is 0 Å². The zero-order chi connectivity index (χ0) is 23.6. The number of rotatable bonds is 13. The summed E-state index contributed by atoms with van der Waals surface area (Å²) in [6.45, 7) is 0. The molecule has 0 radical (unpaired) electrons. The summed E-state index contributed by atoms with van der Waals surface area (Å²) in [7, 11) is 0. The highest BCUT2D eigenvalue weighted by Gasteiger charge is 2.28. The number of carbonyl (C=O) groups excluding carboxylic acids is 3. The number of phenolic OH excluding ortho intramolecular Hbond substituents is 1. The van der Waals surface area contributed by atoms with E-state index in [1.165, 1.54) is 24.3 Å². The first-order chi connectivity index (χ1) is 14.5. The molecule has 0 aliphatic carbocycles. The molecule has 9 N–H and O–H groups in total. The van der Waals surface area contributed by atoms with Crippen molar-refractivity contribution in [1.82, 2.24) is 10.6 Å². The number of carboxylic acids is 2. The van der Waals surface area contributed by atoms with Crippen LogP contribution in [0.3, 0.4) is 0 Å². The number of benzene rings is 1. The lowest BCUT2D eigenvalue weighted by atomic mass is 10.0. The summed E-state index contributed by atoms with van der Waals surface area (Å²) < 4.78 is 0. The van der Waals surface area contributed by atoms with E-state index in [0.717, 1.165) is 0 Å². The van der Waals surface area contributed by atoms with Crippen LogP contribution in [0.25, 0.3) is 0 Å². The zero-order valence-corrected chi connectivity index (χ0v) is 16.6. The molecule has 0 fully saturated rings. The Labute approximate surface area is 177 Å². The molecule has 0 saturated carbocycles. The van der Waals surface area contributed by atoms with Gasteiger partial charge in [0.15, 0.2) is 0 Å². The number of hydrogen-bond acceptors (Lipinski definition) is 7. The first kappa shape index (κ1) is 25.4. The van der Waals surface area contributed by atoms with Crippen molar-refractivity contribution in [2.24, 2.45) is 11.5 Å². The van der Waals surface area contributed by atoms with E-state index in [1.807, 2.05) is 0 Å². The first-order valence-corrected chi connectivity index (χ1v) is 9.36. The average molecular weight is 438 g/mol. The molecule has 12 heteroatoms. The topological polar surface area (TPSA) is 222 Å². The van der Waals surface area contributed by atoms with Crippen LogP contribution < -0.4 is 22.1 Å². The van der Waals surface area contributed by atoms with Crippen molar-refractivity contribution < 1.29 is 39.3 Å². The highest BCUT2D eigenvalue weighted by Crippen LogP contribution is 2.12. The zero-order valence-electron chi connectivity index (χ0n) is 16.6. The van der Waals surface area contributed by atoms with Crippen LogP contribution in [0.2, 0.25) is 0 Å². The maximum Gasteiger partial charge on any atom is 0.326 e. The Morgan fingerprint density at radius 2 is 1.45 bits per heavy atom. The Balaban J connectivity index is 2.86. The van der Waals surface area contributed by atoms with Gasteiger partial charge in [-0.3, -0.25) is 19.2 Å². The normalized spacial score (nSPS) is 13.5. The van der Waals surface area contributed by atoms with Crippen LogP contribution in [0, 0.1) is 0 Å². The van der Waals surface area contributed by atoms with Crippen LogP contribution in [0.4, 0.5) is 0 Å². The van der Waals surface area contributed by atoms with Gasteiger partial charge in [0.1, 0.15) is 17.8 Å². The van der Waals surface area contributed by atoms with Crippen molar-refractivity contribution in [3.05, 3.63) is 29.8 Å². The molecule has 3 amide bonds. The maximum absolute atomic E-state index is 12.6. The lowest BCUT2D eigenvalue weighted by Crippen LogP contribution is -2.55. The van der Waals surface area contributed by atoms with Gasteiger partial charge in [0.25, 0.3) is 0 Å². The molecule has 1 aromatic carbocycles. The molecular weight excluding hydrogens is 412 g/mol. The van der Waals surface area contributed by atoms with E-state index >= 15 is 0 Å². The van der Waals surface area contributed by atoms with E-state index in [-0.39, 0.29) is 37.9 Å². The van der Waals surface area contributed by atoms with E-state index in [2.05, 4.69) is 10.6 Å². The third-order valence-electron chi connectivity index (χ3n) is 4.31. The number of carbonyl (C=O) groups is 5. The fourth-order valence-corrected chi connectivity index (χ4v) is 2.58. The number of primary amides is 1. The van der Waals surface area contributed by atoms with E-state index in [0.29, 0.717) is 5.56 Å². The summed E-state index contributed by atoms with van der Waals surface area (Å²) in [6.07, 6.45) is -1.11. The standard InChI is InChI=1S/C19H26N4O8/c20-12(5-8-16(26)27)17(28)22-13(6-7-15(21)25)18(29)23-14(19(30)31)9-10-1-3-11(24)4-2-10/h1-4,12-14,24H,5-9,20H2,(H2,21,25)(H,22,28)(H,23,29)(H,26,27)(H,30,31)/t12-,13-,14-/m0/s1. The van der Waals surface area contributed by atoms with Crippen LogP contribution in [0.15, 0.2) is 24.3 Å². The summed E-state index contributed by atoms with van der Waals surface area (Å²) in [5, 5.41) is 32.0. The molecule has 0 spiro atoms. The van der Waals surface area contributed by atoms with E-state index in [4.69, 9.17) is 16.6 Å². The first-order valence-electron chi connectivity index (χ1n) is 9.36. The molecule has 0 aliphatic rings. The van der Waals surface area contributed by atoms with Crippen LogP contribution in [0.1, 0.15) is 31.2 Å². The lowest BCUT2D eigenvalue weighted by Gasteiger charge is -2.22. The van der Waals surface area contributed by atoms with Gasteiger partial charge in [0.05, 0.1) is 6.04 Å². The number of amides is 3. The summed E-state index contributed by atoms with van der Waals surface area (Å²) in [5.74, 6) is -4.92. The van der Waals surface area contributed by atoms with Crippen molar-refractivity contribution >= 4 is 29.7 Å². The third-order valence-corrected chi connectivity index (χ3v) is 4.31. The Morgan fingerprint density at radius 3 is 1.97 bits per heavy atom. The highest BCUT2D eigenvalue weighted by molar-refractivity contribution is 5.92. The van der Waals surface area contributed by atoms with E-state index < -0.39 is 47.8 Å². The van der Waals surface area contributed by atoms with Crippen molar-refractivity contribution in [2.45, 2.75) is 50.2 Å². The second-order valence-electron chi connectivity index (χ2n) is 6.88. The fourth-order valence-electron chi connectivity index (χ4n) is 2.58. The number of aliphatic carboxylic acids is 2. The van der Waals surface area contributed by atoms with Gasteiger partial charge in [0, 0.05) is 19.3 Å². The van der Waals surface area contributed by atoms with Gasteiger partial charge in [-0.25, -0.2) is 4.79 Å². The predicted octanol–water partition coefficient (Wildman–Crippen LogP) is -1.55. The molecule has 0 aromatic heterocycles. The Kier molecular flexibility index (Phi) is 9.92. The number of phenols is 1. The molecule has 0 bridgehead atoms. The molecule has 3 atom stereocenters. The Bertz CT molecular complexity index is 812. The van der Waals surface area contributed by atoms with Crippen molar-refractivity contribution in [3.63, 3.8) is 0 Å². The molecule has 0 heterocycles. The molecule has 1 rings (SSSR count). The summed E-state index contributed by atoms with van der Waals surface area (Å²) in [5.41, 5.74) is 11.2. The fraction of sp³-hybridized carbons (Fsp3) is 0.421. The van der Waals surface area contributed by atoms with Gasteiger partial charge in [0.2, 0.25) is 17.7 Å². The minimum atomic E-state index is -1.36. The number of nitrogens with one attached hydrogen (secondary N) is 2. The van der Waals surface area contributed by atoms with Crippen LogP contribution in [-0.2, 0) is 30.4 Å². The van der Waals surface area contributed by atoms with Gasteiger partial charge < -0.3 is 37.4 Å². The van der Waals surface area contributed by atoms with Crippen molar-refractivity contribution in [2.75, 3.05) is 0 Å². The Morgan fingerprint density at radius 1 is 0.871 bits per heavy atom. The van der Waals surface area contributed by atoms with E-state index in [9.17, 15) is 34.2 Å². The van der Waals surface area contributed by atoms with Gasteiger partial charge >= 0.3 is 11.9 Å². The second-order valence-corrected chi connectivity index (χ2v) is 6.88. The minimum absolute atomic E-state index is 0.00637. The van der Waals surface area contributed by atoms with Crippen molar-refractivity contribution in [1.29, 1.82) is 0 Å². The van der Waals surface area contributed by atoms with Gasteiger partial charge in [-0.1, -0.05) is 12.1 Å². The number of nitrogens with two attached hydrogens (primary N) is 2. The predicted molar refractivity (Wildman–Crippen MR) is 107 cm³/mol. The summed E-state index contributed by atoms with van der Waals surface area (Å²) in [4.78, 5) is 58.1. The molecule has 0 saturated heterocycles. The number of aromatic hydroxyl groups is 1. The number of hydrogen-bond donors (Lipinski definition) is 7. The second kappa shape index (κ2) is 12.1.